The molecule has 2 rings (SSSR count). The SMILES string of the molecule is CC1=CC(C)CC(CNc2cccc(C(=O)N(C)C)c2)C1. The van der Waals surface area contributed by atoms with Crippen molar-refractivity contribution in [2.24, 2.45) is 11.8 Å². The zero-order valence-electron chi connectivity index (χ0n) is 13.5. The van der Waals surface area contributed by atoms with Crippen LogP contribution in [0.5, 0.6) is 0 Å². The highest BCUT2D eigenvalue weighted by Crippen LogP contribution is 2.28. The number of hydrogen-bond acceptors (Lipinski definition) is 2. The van der Waals surface area contributed by atoms with E-state index in [0.717, 1.165) is 17.8 Å². The van der Waals surface area contributed by atoms with Gasteiger partial charge in [0.2, 0.25) is 0 Å². The number of nitrogens with one attached hydrogen (secondary N) is 1. The average Bonchev–Trinajstić information content (AvgIpc) is 2.43. The van der Waals surface area contributed by atoms with Crippen LogP contribution in [0.1, 0.15) is 37.0 Å². The zero-order chi connectivity index (χ0) is 15.4. The molecule has 3 nitrogen and oxygen atoms in total. The highest BCUT2D eigenvalue weighted by Gasteiger charge is 2.17. The lowest BCUT2D eigenvalue weighted by Crippen LogP contribution is -2.22. The lowest BCUT2D eigenvalue weighted by Gasteiger charge is -2.26. The van der Waals surface area contributed by atoms with Crippen molar-refractivity contribution in [3.8, 4) is 0 Å². The molecule has 3 heteroatoms. The molecule has 114 valence electrons. The van der Waals surface area contributed by atoms with Crippen LogP contribution in [0.15, 0.2) is 35.9 Å². The van der Waals surface area contributed by atoms with Crippen LogP contribution in [0.2, 0.25) is 0 Å². The van der Waals surface area contributed by atoms with Gasteiger partial charge in [0.15, 0.2) is 0 Å². The highest BCUT2D eigenvalue weighted by atomic mass is 16.2. The Kier molecular flexibility index (Phi) is 5.05. The predicted octanol–water partition coefficient (Wildman–Crippen LogP) is 3.79. The predicted molar refractivity (Wildman–Crippen MR) is 88.6 cm³/mol. The number of nitrogens with zero attached hydrogens (tertiary/aromatic N) is 1. The van der Waals surface area contributed by atoms with E-state index in [4.69, 9.17) is 0 Å². The first-order chi connectivity index (χ1) is 9.95. The second-order valence-corrected chi connectivity index (χ2v) is 6.46. The summed E-state index contributed by atoms with van der Waals surface area (Å²) < 4.78 is 0. The van der Waals surface area contributed by atoms with Crippen LogP contribution in [-0.4, -0.2) is 31.4 Å². The van der Waals surface area contributed by atoms with Crippen molar-refractivity contribution in [3.63, 3.8) is 0 Å². The molecule has 1 amide bonds. The number of carbonyl (C=O) groups excluding carboxylic acids is 1. The standard InChI is InChI=1S/C18H26N2O/c1-13-8-14(2)10-15(9-13)12-19-17-7-5-6-16(11-17)18(21)20(3)4/h5-8,11,13,15,19H,9-10,12H2,1-4H3. The molecule has 1 N–H and O–H groups in total. The molecule has 1 aliphatic rings. The van der Waals surface area contributed by atoms with Gasteiger partial charge in [-0.05, 0) is 49.8 Å². The Labute approximate surface area is 128 Å². The van der Waals surface area contributed by atoms with Gasteiger partial charge in [-0.25, -0.2) is 0 Å². The molecule has 1 aromatic rings. The molecule has 0 fully saturated rings. The molecule has 0 radical (unpaired) electrons. The molecule has 0 heterocycles. The van der Waals surface area contributed by atoms with Crippen LogP contribution in [0, 0.1) is 11.8 Å². The molecule has 1 aromatic carbocycles. The topological polar surface area (TPSA) is 32.3 Å². The minimum absolute atomic E-state index is 0.0451. The molecule has 2 atom stereocenters. The average molecular weight is 286 g/mol. The number of benzene rings is 1. The van der Waals surface area contributed by atoms with Gasteiger partial charge in [-0.1, -0.05) is 24.6 Å². The summed E-state index contributed by atoms with van der Waals surface area (Å²) in [5, 5.41) is 3.49. The molecule has 0 aliphatic heterocycles. The Morgan fingerprint density at radius 3 is 2.81 bits per heavy atom. The number of rotatable bonds is 4. The van der Waals surface area contributed by atoms with Crippen molar-refractivity contribution < 1.29 is 4.79 Å². The minimum atomic E-state index is 0.0451. The summed E-state index contributed by atoms with van der Waals surface area (Å²) >= 11 is 0. The smallest absolute Gasteiger partial charge is 0.253 e. The van der Waals surface area contributed by atoms with E-state index in [-0.39, 0.29) is 5.91 Å². The first-order valence-corrected chi connectivity index (χ1v) is 7.68. The van der Waals surface area contributed by atoms with Crippen LogP contribution >= 0.6 is 0 Å². The van der Waals surface area contributed by atoms with Crippen molar-refractivity contribution in [3.05, 3.63) is 41.5 Å². The van der Waals surface area contributed by atoms with Crippen molar-refractivity contribution in [1.29, 1.82) is 0 Å². The summed E-state index contributed by atoms with van der Waals surface area (Å²) in [6.07, 6.45) is 4.79. The quantitative estimate of drug-likeness (QED) is 0.854. The molecule has 1 aliphatic carbocycles. The number of amides is 1. The lowest BCUT2D eigenvalue weighted by molar-refractivity contribution is 0.0827. The van der Waals surface area contributed by atoms with E-state index in [1.54, 1.807) is 19.0 Å². The summed E-state index contributed by atoms with van der Waals surface area (Å²) in [7, 11) is 3.56. The van der Waals surface area contributed by atoms with Gasteiger partial charge in [0.05, 0.1) is 0 Å². The monoisotopic (exact) mass is 286 g/mol. The van der Waals surface area contributed by atoms with E-state index < -0.39 is 0 Å². The van der Waals surface area contributed by atoms with Crippen LogP contribution in [-0.2, 0) is 0 Å². The Bertz CT molecular complexity index is 534. The molecule has 2 unspecified atom stereocenters. The Balaban J connectivity index is 1.96. The fourth-order valence-corrected chi connectivity index (χ4v) is 3.12. The van der Waals surface area contributed by atoms with Crippen molar-refractivity contribution in [2.75, 3.05) is 26.0 Å². The van der Waals surface area contributed by atoms with E-state index >= 15 is 0 Å². The van der Waals surface area contributed by atoms with E-state index in [2.05, 4.69) is 25.2 Å². The third kappa shape index (κ3) is 4.35. The number of hydrogen-bond donors (Lipinski definition) is 1. The van der Waals surface area contributed by atoms with Gasteiger partial charge in [-0.3, -0.25) is 4.79 Å². The van der Waals surface area contributed by atoms with E-state index in [0.29, 0.717) is 11.8 Å². The minimum Gasteiger partial charge on any atom is -0.385 e. The molecule has 0 aromatic heterocycles. The zero-order valence-corrected chi connectivity index (χ0v) is 13.5. The van der Waals surface area contributed by atoms with Gasteiger partial charge in [-0.15, -0.1) is 0 Å². The van der Waals surface area contributed by atoms with Gasteiger partial charge in [0, 0.05) is 31.9 Å². The van der Waals surface area contributed by atoms with Crippen LogP contribution in [0.4, 0.5) is 5.69 Å². The van der Waals surface area contributed by atoms with E-state index in [9.17, 15) is 4.79 Å². The Hall–Kier alpha value is -1.77. The fourth-order valence-electron chi connectivity index (χ4n) is 3.12. The number of carbonyl (C=O) groups is 1. The maximum absolute atomic E-state index is 12.0. The third-order valence-electron chi connectivity index (χ3n) is 4.00. The number of anilines is 1. The van der Waals surface area contributed by atoms with Gasteiger partial charge >= 0.3 is 0 Å². The van der Waals surface area contributed by atoms with Crippen molar-refractivity contribution in [1.82, 2.24) is 4.90 Å². The third-order valence-corrected chi connectivity index (χ3v) is 4.00. The van der Waals surface area contributed by atoms with Crippen molar-refractivity contribution >= 4 is 11.6 Å². The molecule has 0 bridgehead atoms. The Morgan fingerprint density at radius 2 is 2.14 bits per heavy atom. The maximum atomic E-state index is 12.0. The second kappa shape index (κ2) is 6.79. The summed E-state index contributed by atoms with van der Waals surface area (Å²) in [6.45, 7) is 5.47. The van der Waals surface area contributed by atoms with Crippen molar-refractivity contribution in [2.45, 2.75) is 26.7 Å². The molecule has 21 heavy (non-hydrogen) atoms. The summed E-state index contributed by atoms with van der Waals surface area (Å²) in [6, 6.07) is 7.77. The Morgan fingerprint density at radius 1 is 1.38 bits per heavy atom. The normalized spacial score (nSPS) is 21.6. The van der Waals surface area contributed by atoms with Gasteiger partial charge in [-0.2, -0.15) is 0 Å². The molecule has 0 saturated carbocycles. The van der Waals surface area contributed by atoms with Gasteiger partial charge in [0.1, 0.15) is 0 Å². The van der Waals surface area contributed by atoms with Crippen LogP contribution < -0.4 is 5.32 Å². The maximum Gasteiger partial charge on any atom is 0.253 e. The van der Waals surface area contributed by atoms with E-state index in [1.807, 2.05) is 24.3 Å². The summed E-state index contributed by atoms with van der Waals surface area (Å²) in [4.78, 5) is 13.6. The molecular weight excluding hydrogens is 260 g/mol. The molecule has 0 saturated heterocycles. The first kappa shape index (κ1) is 15.6. The van der Waals surface area contributed by atoms with Gasteiger partial charge in [0.25, 0.3) is 5.91 Å². The molecule has 0 spiro atoms. The van der Waals surface area contributed by atoms with Crippen LogP contribution in [0.25, 0.3) is 0 Å². The lowest BCUT2D eigenvalue weighted by atomic mass is 9.84. The van der Waals surface area contributed by atoms with Crippen LogP contribution in [0.3, 0.4) is 0 Å². The highest BCUT2D eigenvalue weighted by molar-refractivity contribution is 5.94. The number of allylic oxidation sites excluding steroid dienone is 2. The van der Waals surface area contributed by atoms with E-state index in [1.165, 1.54) is 18.4 Å². The second-order valence-electron chi connectivity index (χ2n) is 6.46. The summed E-state index contributed by atoms with van der Waals surface area (Å²) in [5.74, 6) is 1.40. The summed E-state index contributed by atoms with van der Waals surface area (Å²) in [5.41, 5.74) is 3.26. The first-order valence-electron chi connectivity index (χ1n) is 7.68. The van der Waals surface area contributed by atoms with Gasteiger partial charge < -0.3 is 10.2 Å². The fraction of sp³-hybridized carbons (Fsp3) is 0.500. The molecular formula is C18H26N2O. The largest absolute Gasteiger partial charge is 0.385 e.